The maximum atomic E-state index is 10.2. The third-order valence-corrected chi connectivity index (χ3v) is 3.64. The number of unbranched alkanes of at least 4 members (excludes halogenated alkanes) is 11. The SMILES string of the molecule is CCCCCCCC/C=C\CCCCCCCC(=O)[O-].O=CO.[Na+]. The van der Waals surface area contributed by atoms with Crippen LogP contribution in [-0.4, -0.2) is 17.5 Å². The fourth-order valence-corrected chi connectivity index (χ4v) is 2.34. The van der Waals surface area contributed by atoms with Crippen LogP contribution in [0, 0.1) is 0 Å². The monoisotopic (exact) mass is 350 g/mol. The minimum Gasteiger partial charge on any atom is -0.550 e. The summed E-state index contributed by atoms with van der Waals surface area (Å²) in [6.45, 7) is 2.01. The average Bonchev–Trinajstić information content (AvgIpc) is 2.51. The van der Waals surface area contributed by atoms with E-state index in [0.29, 0.717) is 0 Å². The Bertz CT molecular complexity index is 281. The topological polar surface area (TPSA) is 77.4 Å². The molecule has 0 aromatic heterocycles. The van der Waals surface area contributed by atoms with E-state index in [1.54, 1.807) is 0 Å². The van der Waals surface area contributed by atoms with Gasteiger partial charge in [0.2, 0.25) is 0 Å². The Morgan fingerprint density at radius 3 is 1.62 bits per heavy atom. The van der Waals surface area contributed by atoms with Crippen molar-refractivity contribution in [3.8, 4) is 0 Å². The molecule has 0 heterocycles. The molecule has 0 bridgehead atoms. The van der Waals surface area contributed by atoms with Crippen LogP contribution in [0.15, 0.2) is 12.2 Å². The summed E-state index contributed by atoms with van der Waals surface area (Å²) in [7, 11) is 0. The molecule has 0 amide bonds. The van der Waals surface area contributed by atoms with E-state index in [-0.39, 0.29) is 42.5 Å². The first-order valence-electron chi connectivity index (χ1n) is 9.11. The molecule has 0 rings (SSSR count). The molecule has 0 saturated heterocycles. The Morgan fingerprint density at radius 1 is 0.833 bits per heavy atom. The van der Waals surface area contributed by atoms with Gasteiger partial charge in [0.15, 0.2) is 0 Å². The summed E-state index contributed by atoms with van der Waals surface area (Å²) in [5.41, 5.74) is 0. The van der Waals surface area contributed by atoms with Crippen molar-refractivity contribution < 1.29 is 49.4 Å². The minimum absolute atomic E-state index is 0. The van der Waals surface area contributed by atoms with Gasteiger partial charge in [-0.05, 0) is 38.5 Å². The van der Waals surface area contributed by atoms with Gasteiger partial charge in [-0.3, -0.25) is 4.79 Å². The van der Waals surface area contributed by atoms with Crippen LogP contribution < -0.4 is 34.7 Å². The molecule has 0 radical (unpaired) electrons. The van der Waals surface area contributed by atoms with Gasteiger partial charge in [-0.25, -0.2) is 0 Å². The molecule has 24 heavy (non-hydrogen) atoms. The maximum absolute atomic E-state index is 10.2. The predicted molar refractivity (Wildman–Crippen MR) is 93.2 cm³/mol. The summed E-state index contributed by atoms with van der Waals surface area (Å²) < 4.78 is 0. The number of hydrogen-bond acceptors (Lipinski definition) is 3. The van der Waals surface area contributed by atoms with E-state index < -0.39 is 5.97 Å². The van der Waals surface area contributed by atoms with Crippen molar-refractivity contribution in [3.05, 3.63) is 12.2 Å². The van der Waals surface area contributed by atoms with E-state index in [1.807, 2.05) is 0 Å². The average molecular weight is 350 g/mol. The van der Waals surface area contributed by atoms with E-state index >= 15 is 0 Å². The fourth-order valence-electron chi connectivity index (χ4n) is 2.34. The molecule has 0 aliphatic rings. The first-order valence-corrected chi connectivity index (χ1v) is 9.11. The van der Waals surface area contributed by atoms with E-state index in [2.05, 4.69) is 19.1 Å². The zero-order valence-corrected chi connectivity index (χ0v) is 17.8. The second kappa shape index (κ2) is 27.5. The molecule has 4 nitrogen and oxygen atoms in total. The van der Waals surface area contributed by atoms with Crippen molar-refractivity contribution in [3.63, 3.8) is 0 Å². The zero-order valence-electron chi connectivity index (χ0n) is 15.8. The minimum atomic E-state index is -0.914. The van der Waals surface area contributed by atoms with Crippen LogP contribution >= 0.6 is 0 Å². The fraction of sp³-hybridized carbons (Fsp3) is 0.789. The van der Waals surface area contributed by atoms with Crippen LogP contribution in [-0.2, 0) is 9.59 Å². The van der Waals surface area contributed by atoms with Crippen molar-refractivity contribution in [1.82, 2.24) is 0 Å². The van der Waals surface area contributed by atoms with E-state index in [1.165, 1.54) is 64.2 Å². The van der Waals surface area contributed by atoms with Crippen molar-refractivity contribution in [2.75, 3.05) is 0 Å². The number of hydrogen-bond donors (Lipinski definition) is 1. The summed E-state index contributed by atoms with van der Waals surface area (Å²) in [6, 6.07) is 0. The molecule has 0 saturated carbocycles. The number of allylic oxidation sites excluding steroid dienone is 2. The maximum Gasteiger partial charge on any atom is 1.00 e. The number of carboxylic acids is 1. The van der Waals surface area contributed by atoms with E-state index in [4.69, 9.17) is 9.90 Å². The second-order valence-corrected chi connectivity index (χ2v) is 5.81. The Kier molecular flexibility index (Phi) is 32.7. The number of aliphatic carboxylic acids is 1. The van der Waals surface area contributed by atoms with Crippen LogP contribution in [0.4, 0.5) is 0 Å². The standard InChI is InChI=1S/C18H34O2.CH2O2.Na/c1-2-3-4-5-6-7-8-9-10-11-12-13-14-15-16-17-18(19)20;2-1-3;/h9-10H,2-8,11-17H2,1H3,(H,19,20);1H,(H,2,3);/q;;+1/p-1/b10-9-;;. The first-order chi connectivity index (χ1) is 11.2. The predicted octanol–water partition coefficient (Wildman–Crippen LogP) is 1.48. The summed E-state index contributed by atoms with van der Waals surface area (Å²) in [6.07, 6.45) is 20.9. The van der Waals surface area contributed by atoms with Crippen LogP contribution in [0.3, 0.4) is 0 Å². The molecule has 0 atom stereocenters. The smallest absolute Gasteiger partial charge is 0.550 e. The second-order valence-electron chi connectivity index (χ2n) is 5.81. The van der Waals surface area contributed by atoms with Gasteiger partial charge in [0.1, 0.15) is 0 Å². The molecule has 0 aliphatic carbocycles. The van der Waals surface area contributed by atoms with Crippen molar-refractivity contribution in [2.45, 2.75) is 96.8 Å². The van der Waals surface area contributed by atoms with Crippen LogP contribution in [0.25, 0.3) is 0 Å². The summed E-state index contributed by atoms with van der Waals surface area (Å²) in [5.74, 6) is -0.914. The Morgan fingerprint density at radius 2 is 1.21 bits per heavy atom. The van der Waals surface area contributed by atoms with Gasteiger partial charge in [0, 0.05) is 5.97 Å². The molecule has 0 unspecified atom stereocenters. The van der Waals surface area contributed by atoms with Gasteiger partial charge in [-0.15, -0.1) is 0 Å². The molecule has 0 aromatic carbocycles. The molecule has 136 valence electrons. The number of carboxylic acid groups (broad SMARTS) is 2. The Hall–Kier alpha value is -0.320. The van der Waals surface area contributed by atoms with Gasteiger partial charge >= 0.3 is 29.6 Å². The van der Waals surface area contributed by atoms with E-state index in [0.717, 1.165) is 19.3 Å². The number of carbonyl (C=O) groups is 2. The molecular weight excluding hydrogens is 315 g/mol. The zero-order chi connectivity index (χ0) is 17.6. The largest absolute Gasteiger partial charge is 1.00 e. The van der Waals surface area contributed by atoms with Crippen LogP contribution in [0.5, 0.6) is 0 Å². The van der Waals surface area contributed by atoms with Crippen LogP contribution in [0.1, 0.15) is 96.8 Å². The van der Waals surface area contributed by atoms with Gasteiger partial charge in [0.05, 0.1) is 0 Å². The van der Waals surface area contributed by atoms with E-state index in [9.17, 15) is 9.90 Å². The van der Waals surface area contributed by atoms with Gasteiger partial charge < -0.3 is 15.0 Å². The molecule has 0 fully saturated rings. The summed E-state index contributed by atoms with van der Waals surface area (Å²) >= 11 is 0. The molecule has 1 N–H and O–H groups in total. The first kappa shape index (κ1) is 28.5. The molecule has 0 aromatic rings. The molecule has 5 heteroatoms. The Balaban J connectivity index is -0.00000102. The summed E-state index contributed by atoms with van der Waals surface area (Å²) in [4.78, 5) is 18.6. The number of rotatable bonds is 15. The number of carbonyl (C=O) groups excluding carboxylic acids is 1. The molecule has 0 spiro atoms. The van der Waals surface area contributed by atoms with Crippen LogP contribution in [0.2, 0.25) is 0 Å². The summed E-state index contributed by atoms with van der Waals surface area (Å²) in [5, 5.41) is 17.1. The van der Waals surface area contributed by atoms with Crippen molar-refractivity contribution in [1.29, 1.82) is 0 Å². The molecular formula is C19H35NaO4. The van der Waals surface area contributed by atoms with Gasteiger partial charge in [-0.1, -0.05) is 70.4 Å². The molecule has 0 aliphatic heterocycles. The van der Waals surface area contributed by atoms with Crippen molar-refractivity contribution in [2.24, 2.45) is 0 Å². The van der Waals surface area contributed by atoms with Gasteiger partial charge in [-0.2, -0.15) is 0 Å². The Labute approximate surface area is 170 Å². The van der Waals surface area contributed by atoms with Gasteiger partial charge in [0.25, 0.3) is 6.47 Å². The normalized spacial score (nSPS) is 9.88. The quantitative estimate of drug-likeness (QED) is 0.210. The third kappa shape index (κ3) is 33.3. The third-order valence-electron chi connectivity index (χ3n) is 3.64. The van der Waals surface area contributed by atoms with Crippen molar-refractivity contribution >= 4 is 12.4 Å².